The number of hydrogen-bond donors (Lipinski definition) is 3. The lowest BCUT2D eigenvalue weighted by molar-refractivity contribution is 0.124. The van der Waals surface area contributed by atoms with Gasteiger partial charge in [-0.25, -0.2) is 0 Å². The third kappa shape index (κ3) is 1.64. The first-order chi connectivity index (χ1) is 7.18. The van der Waals surface area contributed by atoms with Gasteiger partial charge in [0.25, 0.3) is 0 Å². The maximum Gasteiger partial charge on any atom is 0.134 e. The fourth-order valence-electron chi connectivity index (χ4n) is 1.84. The number of anilines is 1. The third-order valence-corrected chi connectivity index (χ3v) is 2.90. The molecular formula is C12H16N2O. The Kier molecular flexibility index (Phi) is 2.50. The van der Waals surface area contributed by atoms with Gasteiger partial charge in [-0.2, -0.15) is 0 Å². The Labute approximate surface area is 89.8 Å². The van der Waals surface area contributed by atoms with E-state index in [2.05, 4.69) is 10.6 Å². The number of likely N-dealkylation sites (N-methyl/N-ethyl adjacent to an activating group) is 1. The Morgan fingerprint density at radius 1 is 1.40 bits per heavy atom. The largest absolute Gasteiger partial charge is 0.389 e. The van der Waals surface area contributed by atoms with Crippen molar-refractivity contribution in [1.29, 1.82) is 0 Å². The molecule has 0 saturated heterocycles. The summed E-state index contributed by atoms with van der Waals surface area (Å²) in [6.45, 7) is 1.77. The summed E-state index contributed by atoms with van der Waals surface area (Å²) in [5.74, 6) is 0. The summed E-state index contributed by atoms with van der Waals surface area (Å²) in [6, 6.07) is 8.03. The Morgan fingerprint density at radius 2 is 2.13 bits per heavy atom. The lowest BCUT2D eigenvalue weighted by Gasteiger charge is -2.38. The molecule has 0 spiro atoms. The van der Waals surface area contributed by atoms with Crippen LogP contribution in [0.3, 0.4) is 0 Å². The summed E-state index contributed by atoms with van der Waals surface area (Å²) in [5.41, 5.74) is 1.62. The fourth-order valence-corrected chi connectivity index (χ4v) is 1.84. The highest BCUT2D eigenvalue weighted by atomic mass is 16.3. The standard InChI is InChI=1S/C12H16N2O/c1-9(15)12(13-2)8-7-10-5-3-4-6-11(10)14-12/h3-9,13-15H,1-2H3. The molecule has 1 aromatic rings. The summed E-state index contributed by atoms with van der Waals surface area (Å²) in [7, 11) is 1.83. The molecular weight excluding hydrogens is 188 g/mol. The van der Waals surface area contributed by atoms with Crippen molar-refractivity contribution in [3.63, 3.8) is 0 Å². The molecule has 0 bridgehead atoms. The molecule has 3 nitrogen and oxygen atoms in total. The van der Waals surface area contributed by atoms with E-state index in [-0.39, 0.29) is 0 Å². The van der Waals surface area contributed by atoms with Crippen molar-refractivity contribution in [2.75, 3.05) is 12.4 Å². The first-order valence-electron chi connectivity index (χ1n) is 5.11. The lowest BCUT2D eigenvalue weighted by atomic mass is 9.96. The van der Waals surface area contributed by atoms with Gasteiger partial charge in [-0.3, -0.25) is 5.32 Å². The molecule has 1 aliphatic rings. The molecule has 0 saturated carbocycles. The summed E-state index contributed by atoms with van der Waals surface area (Å²) in [4.78, 5) is 0. The van der Waals surface area contributed by atoms with E-state index in [1.54, 1.807) is 6.92 Å². The number of hydrogen-bond acceptors (Lipinski definition) is 3. The highest BCUT2D eigenvalue weighted by Crippen LogP contribution is 2.28. The SMILES string of the molecule is CNC1(C(C)O)C=Cc2ccccc2N1. The predicted molar refractivity (Wildman–Crippen MR) is 62.6 cm³/mol. The van der Waals surface area contributed by atoms with Gasteiger partial charge in [0.2, 0.25) is 0 Å². The molecule has 1 aromatic carbocycles. The first kappa shape index (κ1) is 10.2. The van der Waals surface area contributed by atoms with E-state index in [4.69, 9.17) is 0 Å². The van der Waals surface area contributed by atoms with Crippen LogP contribution in [0.4, 0.5) is 5.69 Å². The molecule has 0 aromatic heterocycles. The molecule has 0 aliphatic carbocycles. The van der Waals surface area contributed by atoms with Crippen LogP contribution in [0.15, 0.2) is 30.3 Å². The van der Waals surface area contributed by atoms with Crippen LogP contribution < -0.4 is 10.6 Å². The van der Waals surface area contributed by atoms with Crippen LogP contribution in [0, 0.1) is 0 Å². The second kappa shape index (κ2) is 3.68. The Bertz CT molecular complexity index is 387. The smallest absolute Gasteiger partial charge is 0.134 e. The van der Waals surface area contributed by atoms with Crippen LogP contribution in [-0.2, 0) is 0 Å². The zero-order valence-corrected chi connectivity index (χ0v) is 8.99. The van der Waals surface area contributed by atoms with Crippen LogP contribution in [-0.4, -0.2) is 23.9 Å². The van der Waals surface area contributed by atoms with E-state index in [1.807, 2.05) is 43.5 Å². The minimum absolute atomic E-state index is 0.507. The Hall–Kier alpha value is -1.32. The maximum atomic E-state index is 9.78. The summed E-state index contributed by atoms with van der Waals surface area (Å²) in [5, 5.41) is 16.2. The number of benzene rings is 1. The van der Waals surface area contributed by atoms with Gasteiger partial charge in [0, 0.05) is 5.69 Å². The lowest BCUT2D eigenvalue weighted by Crippen LogP contribution is -2.57. The van der Waals surface area contributed by atoms with Crippen molar-refractivity contribution < 1.29 is 5.11 Å². The number of fused-ring (bicyclic) bond motifs is 1. The minimum Gasteiger partial charge on any atom is -0.389 e. The Morgan fingerprint density at radius 3 is 2.80 bits per heavy atom. The van der Waals surface area contributed by atoms with Gasteiger partial charge in [-0.1, -0.05) is 24.3 Å². The minimum atomic E-state index is -0.561. The average Bonchev–Trinajstić information content (AvgIpc) is 2.28. The maximum absolute atomic E-state index is 9.78. The Balaban J connectivity index is 2.39. The molecule has 15 heavy (non-hydrogen) atoms. The van der Waals surface area contributed by atoms with Gasteiger partial charge in [-0.05, 0) is 31.7 Å². The predicted octanol–water partition coefficient (Wildman–Crippen LogP) is 1.42. The number of aliphatic hydroxyl groups is 1. The monoisotopic (exact) mass is 204 g/mol. The van der Waals surface area contributed by atoms with Gasteiger partial charge in [0.1, 0.15) is 5.66 Å². The van der Waals surface area contributed by atoms with Crippen LogP contribution in [0.1, 0.15) is 12.5 Å². The van der Waals surface area contributed by atoms with Crippen molar-refractivity contribution in [2.24, 2.45) is 0 Å². The number of aliphatic hydroxyl groups excluding tert-OH is 1. The molecule has 2 atom stereocenters. The molecule has 1 aliphatic heterocycles. The second-order valence-electron chi connectivity index (χ2n) is 3.84. The highest BCUT2D eigenvalue weighted by molar-refractivity contribution is 5.72. The number of rotatable bonds is 2. The quantitative estimate of drug-likeness (QED) is 0.682. The highest BCUT2D eigenvalue weighted by Gasteiger charge is 2.33. The van der Waals surface area contributed by atoms with Gasteiger partial charge < -0.3 is 10.4 Å². The van der Waals surface area contributed by atoms with E-state index in [0.29, 0.717) is 0 Å². The molecule has 0 radical (unpaired) electrons. The third-order valence-electron chi connectivity index (χ3n) is 2.90. The van der Waals surface area contributed by atoms with Crippen molar-refractivity contribution in [3.8, 4) is 0 Å². The van der Waals surface area contributed by atoms with E-state index in [1.165, 1.54) is 0 Å². The van der Waals surface area contributed by atoms with Crippen LogP contribution in [0.25, 0.3) is 6.08 Å². The zero-order valence-electron chi connectivity index (χ0n) is 8.99. The average molecular weight is 204 g/mol. The van der Waals surface area contributed by atoms with Crippen molar-refractivity contribution in [3.05, 3.63) is 35.9 Å². The van der Waals surface area contributed by atoms with Crippen molar-refractivity contribution >= 4 is 11.8 Å². The van der Waals surface area contributed by atoms with Gasteiger partial charge in [0.15, 0.2) is 0 Å². The zero-order chi connectivity index (χ0) is 10.9. The van der Waals surface area contributed by atoms with Gasteiger partial charge in [-0.15, -0.1) is 0 Å². The first-order valence-corrected chi connectivity index (χ1v) is 5.11. The van der Waals surface area contributed by atoms with Crippen molar-refractivity contribution in [2.45, 2.75) is 18.7 Å². The molecule has 2 rings (SSSR count). The van der Waals surface area contributed by atoms with E-state index in [0.717, 1.165) is 11.3 Å². The van der Waals surface area contributed by atoms with Crippen molar-refractivity contribution in [1.82, 2.24) is 5.32 Å². The summed E-state index contributed by atoms with van der Waals surface area (Å²) < 4.78 is 0. The number of nitrogens with one attached hydrogen (secondary N) is 2. The molecule has 3 N–H and O–H groups in total. The molecule has 3 heteroatoms. The van der Waals surface area contributed by atoms with Crippen LogP contribution in [0.2, 0.25) is 0 Å². The molecule has 0 amide bonds. The topological polar surface area (TPSA) is 44.3 Å². The van der Waals surface area contributed by atoms with Crippen LogP contribution >= 0.6 is 0 Å². The van der Waals surface area contributed by atoms with Gasteiger partial charge in [0.05, 0.1) is 6.10 Å². The van der Waals surface area contributed by atoms with E-state index >= 15 is 0 Å². The van der Waals surface area contributed by atoms with Gasteiger partial charge >= 0.3 is 0 Å². The summed E-state index contributed by atoms with van der Waals surface area (Å²) >= 11 is 0. The summed E-state index contributed by atoms with van der Waals surface area (Å²) in [6.07, 6.45) is 3.47. The fraction of sp³-hybridized carbons (Fsp3) is 0.333. The van der Waals surface area contributed by atoms with E-state index < -0.39 is 11.8 Å². The molecule has 1 heterocycles. The molecule has 0 fully saturated rings. The number of para-hydroxylation sites is 1. The normalized spacial score (nSPS) is 25.5. The second-order valence-corrected chi connectivity index (χ2v) is 3.84. The molecule has 2 unspecified atom stereocenters. The van der Waals surface area contributed by atoms with Crippen LogP contribution in [0.5, 0.6) is 0 Å². The molecule has 80 valence electrons. The van der Waals surface area contributed by atoms with E-state index in [9.17, 15) is 5.11 Å².